The zero-order chi connectivity index (χ0) is 13.8. The van der Waals surface area contributed by atoms with Gasteiger partial charge in [0, 0.05) is 12.0 Å². The maximum Gasteiger partial charge on any atom is 0.167 e. The van der Waals surface area contributed by atoms with E-state index in [1.54, 1.807) is 7.11 Å². The molecular weight excluding hydrogens is 236 g/mol. The minimum absolute atomic E-state index is 0.113. The van der Waals surface area contributed by atoms with E-state index >= 15 is 0 Å². The third kappa shape index (κ3) is 3.22. The first-order chi connectivity index (χ1) is 9.10. The molecule has 0 saturated carbocycles. The van der Waals surface area contributed by atoms with Crippen LogP contribution < -0.4 is 4.74 Å². The van der Waals surface area contributed by atoms with Crippen molar-refractivity contribution >= 4 is 5.78 Å². The lowest BCUT2D eigenvalue weighted by Crippen LogP contribution is -2.04. The Morgan fingerprint density at radius 1 is 1.05 bits per heavy atom. The predicted molar refractivity (Wildman–Crippen MR) is 76.9 cm³/mol. The molecule has 0 amide bonds. The molecule has 0 spiro atoms. The zero-order valence-corrected chi connectivity index (χ0v) is 11.6. The van der Waals surface area contributed by atoms with E-state index in [0.717, 1.165) is 16.9 Å². The summed E-state index contributed by atoms with van der Waals surface area (Å²) in [4.78, 5) is 12.2. The summed E-state index contributed by atoms with van der Waals surface area (Å²) in [5, 5.41) is 0. The molecule has 0 N–H and O–H groups in total. The SMILES string of the molecule is COc1cc(C(=O)Cc2ccc(C)cc2)ccc1C. The molecule has 2 rings (SSSR count). The van der Waals surface area contributed by atoms with Crippen LogP contribution in [0.4, 0.5) is 0 Å². The van der Waals surface area contributed by atoms with E-state index in [1.807, 2.05) is 56.3 Å². The highest BCUT2D eigenvalue weighted by Crippen LogP contribution is 2.20. The van der Waals surface area contributed by atoms with Gasteiger partial charge in [0.05, 0.1) is 7.11 Å². The van der Waals surface area contributed by atoms with Gasteiger partial charge in [-0.25, -0.2) is 0 Å². The van der Waals surface area contributed by atoms with Gasteiger partial charge in [-0.3, -0.25) is 4.79 Å². The summed E-state index contributed by atoms with van der Waals surface area (Å²) in [5.41, 5.74) is 3.97. The summed E-state index contributed by atoms with van der Waals surface area (Å²) in [6, 6.07) is 13.6. The molecule has 0 unspecified atom stereocenters. The molecule has 98 valence electrons. The van der Waals surface area contributed by atoms with Gasteiger partial charge in [-0.1, -0.05) is 42.0 Å². The molecule has 2 heteroatoms. The Labute approximate surface area is 114 Å². The molecule has 2 nitrogen and oxygen atoms in total. The lowest BCUT2D eigenvalue weighted by atomic mass is 10.0. The van der Waals surface area contributed by atoms with Crippen molar-refractivity contribution in [2.45, 2.75) is 20.3 Å². The van der Waals surface area contributed by atoms with E-state index < -0.39 is 0 Å². The molecule has 0 bridgehead atoms. The van der Waals surface area contributed by atoms with Crippen LogP contribution in [0.1, 0.15) is 27.0 Å². The molecule has 2 aromatic carbocycles. The lowest BCUT2D eigenvalue weighted by molar-refractivity contribution is 0.0992. The van der Waals surface area contributed by atoms with Gasteiger partial charge in [0.25, 0.3) is 0 Å². The molecule has 0 aliphatic rings. The van der Waals surface area contributed by atoms with E-state index in [2.05, 4.69) is 0 Å². The zero-order valence-electron chi connectivity index (χ0n) is 11.6. The molecule has 0 aromatic heterocycles. The van der Waals surface area contributed by atoms with Crippen LogP contribution in [0.3, 0.4) is 0 Å². The van der Waals surface area contributed by atoms with Gasteiger partial charge < -0.3 is 4.74 Å². The van der Waals surface area contributed by atoms with Crippen LogP contribution in [0.5, 0.6) is 5.75 Å². The largest absolute Gasteiger partial charge is 0.496 e. The Balaban J connectivity index is 2.18. The Hall–Kier alpha value is -2.09. The highest BCUT2D eigenvalue weighted by atomic mass is 16.5. The number of benzene rings is 2. The van der Waals surface area contributed by atoms with Crippen LogP contribution in [0, 0.1) is 13.8 Å². The number of ketones is 1. The van der Waals surface area contributed by atoms with Gasteiger partial charge in [-0.05, 0) is 31.0 Å². The van der Waals surface area contributed by atoms with Gasteiger partial charge in [0.15, 0.2) is 5.78 Å². The topological polar surface area (TPSA) is 26.3 Å². The highest BCUT2D eigenvalue weighted by molar-refractivity contribution is 5.98. The van der Waals surface area contributed by atoms with Gasteiger partial charge in [-0.15, -0.1) is 0 Å². The Morgan fingerprint density at radius 3 is 2.37 bits per heavy atom. The molecule has 0 saturated heterocycles. The summed E-state index contributed by atoms with van der Waals surface area (Å²) in [6.07, 6.45) is 0.423. The Kier molecular flexibility index (Phi) is 4.00. The second-order valence-corrected chi connectivity index (χ2v) is 4.77. The van der Waals surface area contributed by atoms with Crippen molar-refractivity contribution in [3.63, 3.8) is 0 Å². The fraction of sp³-hybridized carbons (Fsp3) is 0.235. The van der Waals surface area contributed by atoms with E-state index in [0.29, 0.717) is 12.0 Å². The number of hydrogen-bond acceptors (Lipinski definition) is 2. The molecule has 0 fully saturated rings. The van der Waals surface area contributed by atoms with Crippen molar-refractivity contribution in [1.29, 1.82) is 0 Å². The number of rotatable bonds is 4. The van der Waals surface area contributed by atoms with Crippen molar-refractivity contribution in [3.8, 4) is 5.75 Å². The Morgan fingerprint density at radius 2 is 1.74 bits per heavy atom. The molecule has 19 heavy (non-hydrogen) atoms. The summed E-state index contributed by atoms with van der Waals surface area (Å²) < 4.78 is 5.25. The third-order valence-corrected chi connectivity index (χ3v) is 3.22. The van der Waals surface area contributed by atoms with Crippen molar-refractivity contribution in [1.82, 2.24) is 0 Å². The van der Waals surface area contributed by atoms with Gasteiger partial charge in [0.1, 0.15) is 5.75 Å². The second-order valence-electron chi connectivity index (χ2n) is 4.77. The number of ether oxygens (including phenoxy) is 1. The predicted octanol–water partition coefficient (Wildman–Crippen LogP) is 3.74. The maximum atomic E-state index is 12.2. The molecule has 2 aromatic rings. The number of carbonyl (C=O) groups is 1. The molecule has 0 radical (unpaired) electrons. The van der Waals surface area contributed by atoms with Gasteiger partial charge in [0.2, 0.25) is 0 Å². The maximum absolute atomic E-state index is 12.2. The summed E-state index contributed by atoms with van der Waals surface area (Å²) in [7, 11) is 1.62. The van der Waals surface area contributed by atoms with Crippen LogP contribution in [-0.2, 0) is 6.42 Å². The number of methoxy groups -OCH3 is 1. The van der Waals surface area contributed by atoms with Crippen LogP contribution in [0.2, 0.25) is 0 Å². The summed E-state index contributed by atoms with van der Waals surface area (Å²) in [6.45, 7) is 4.00. The average molecular weight is 254 g/mol. The Bertz CT molecular complexity index is 583. The number of Topliss-reactive ketones (excluding diaryl/α,β-unsaturated/α-hetero) is 1. The monoisotopic (exact) mass is 254 g/mol. The molecule has 0 heterocycles. The van der Waals surface area contributed by atoms with E-state index in [4.69, 9.17) is 4.74 Å². The smallest absolute Gasteiger partial charge is 0.167 e. The van der Waals surface area contributed by atoms with Gasteiger partial charge in [-0.2, -0.15) is 0 Å². The third-order valence-electron chi connectivity index (χ3n) is 3.22. The van der Waals surface area contributed by atoms with E-state index in [9.17, 15) is 4.79 Å². The number of carbonyl (C=O) groups excluding carboxylic acids is 1. The van der Waals surface area contributed by atoms with Crippen molar-refractivity contribution in [2.75, 3.05) is 7.11 Å². The second kappa shape index (κ2) is 5.70. The highest BCUT2D eigenvalue weighted by Gasteiger charge is 2.09. The summed E-state index contributed by atoms with van der Waals surface area (Å²) in [5.74, 6) is 0.872. The lowest BCUT2D eigenvalue weighted by Gasteiger charge is -2.07. The normalized spacial score (nSPS) is 10.3. The van der Waals surface area contributed by atoms with Crippen molar-refractivity contribution in [2.24, 2.45) is 0 Å². The van der Waals surface area contributed by atoms with Crippen LogP contribution >= 0.6 is 0 Å². The van der Waals surface area contributed by atoms with E-state index in [1.165, 1.54) is 5.56 Å². The van der Waals surface area contributed by atoms with E-state index in [-0.39, 0.29) is 5.78 Å². The fourth-order valence-corrected chi connectivity index (χ4v) is 1.99. The first-order valence-electron chi connectivity index (χ1n) is 6.33. The van der Waals surface area contributed by atoms with Crippen LogP contribution in [-0.4, -0.2) is 12.9 Å². The first kappa shape index (κ1) is 13.3. The molecule has 0 aliphatic heterocycles. The van der Waals surface area contributed by atoms with Crippen LogP contribution in [0.25, 0.3) is 0 Å². The number of aryl methyl sites for hydroxylation is 2. The average Bonchev–Trinajstić information content (AvgIpc) is 2.42. The molecule has 0 atom stereocenters. The van der Waals surface area contributed by atoms with Gasteiger partial charge >= 0.3 is 0 Å². The first-order valence-corrected chi connectivity index (χ1v) is 6.33. The van der Waals surface area contributed by atoms with Crippen LogP contribution in [0.15, 0.2) is 42.5 Å². The fourth-order valence-electron chi connectivity index (χ4n) is 1.99. The molecule has 0 aliphatic carbocycles. The minimum Gasteiger partial charge on any atom is -0.496 e. The number of hydrogen-bond donors (Lipinski definition) is 0. The quantitative estimate of drug-likeness (QED) is 0.777. The molecular formula is C17H18O2. The van der Waals surface area contributed by atoms with Crippen molar-refractivity contribution < 1.29 is 9.53 Å². The minimum atomic E-state index is 0.113. The van der Waals surface area contributed by atoms with Crippen molar-refractivity contribution in [3.05, 3.63) is 64.7 Å². The standard InChI is InChI=1S/C17H18O2/c1-12-4-7-14(8-5-12)10-16(18)15-9-6-13(2)17(11-15)19-3/h4-9,11H,10H2,1-3H3. The summed E-state index contributed by atoms with van der Waals surface area (Å²) >= 11 is 0.